The average molecular weight is 390 g/mol. The molecule has 3 rings (SSSR count). The summed E-state index contributed by atoms with van der Waals surface area (Å²) in [5.74, 6) is -2.27. The molecular weight excluding hydrogens is 370 g/mol. The molecule has 2 atom stereocenters. The number of rotatable bonds is 4. The molecule has 0 unspecified atom stereocenters. The van der Waals surface area contributed by atoms with Crippen molar-refractivity contribution >= 4 is 15.9 Å². The summed E-state index contributed by atoms with van der Waals surface area (Å²) >= 11 is 0. The van der Waals surface area contributed by atoms with Gasteiger partial charge < -0.3 is 14.4 Å². The molecule has 2 fully saturated rings. The maximum Gasteiger partial charge on any atom is 0.260 e. The molecule has 1 aromatic rings. The maximum absolute atomic E-state index is 13.5. The van der Waals surface area contributed by atoms with E-state index in [0.29, 0.717) is 19.6 Å². The molecule has 2 aliphatic heterocycles. The van der Waals surface area contributed by atoms with Gasteiger partial charge >= 0.3 is 0 Å². The molecule has 1 aromatic carbocycles. The lowest BCUT2D eigenvalue weighted by Gasteiger charge is -2.21. The van der Waals surface area contributed by atoms with E-state index < -0.39 is 34.2 Å². The maximum atomic E-state index is 13.5. The third-order valence-electron chi connectivity index (χ3n) is 4.56. The number of sulfonamides is 1. The van der Waals surface area contributed by atoms with E-state index in [2.05, 4.69) is 0 Å². The van der Waals surface area contributed by atoms with Crippen LogP contribution in [0.4, 0.5) is 8.78 Å². The van der Waals surface area contributed by atoms with Gasteiger partial charge in [-0.15, -0.1) is 0 Å². The Bertz CT molecular complexity index is 789. The molecule has 0 N–H and O–H groups in total. The molecule has 1 amide bonds. The van der Waals surface area contributed by atoms with E-state index in [1.165, 1.54) is 9.21 Å². The van der Waals surface area contributed by atoms with Crippen LogP contribution in [-0.4, -0.2) is 75.3 Å². The molecule has 0 bridgehead atoms. The predicted octanol–water partition coefficient (Wildman–Crippen LogP) is 0.462. The van der Waals surface area contributed by atoms with Gasteiger partial charge in [0.05, 0.1) is 19.0 Å². The second kappa shape index (κ2) is 7.45. The van der Waals surface area contributed by atoms with E-state index in [1.54, 1.807) is 0 Å². The number of hydrogen-bond donors (Lipinski definition) is 0. The van der Waals surface area contributed by atoms with Gasteiger partial charge in [0.15, 0.2) is 18.2 Å². The van der Waals surface area contributed by atoms with Gasteiger partial charge in [-0.1, -0.05) is 0 Å². The number of likely N-dealkylation sites (tertiary alicyclic amines) is 1. The molecule has 0 aromatic heterocycles. The van der Waals surface area contributed by atoms with Crippen LogP contribution in [-0.2, 0) is 19.6 Å². The van der Waals surface area contributed by atoms with Crippen molar-refractivity contribution in [3.63, 3.8) is 0 Å². The first-order chi connectivity index (χ1) is 12.2. The fourth-order valence-electron chi connectivity index (χ4n) is 3.19. The van der Waals surface area contributed by atoms with Crippen LogP contribution in [0.15, 0.2) is 18.2 Å². The Morgan fingerprint density at radius 2 is 2.08 bits per heavy atom. The lowest BCUT2D eigenvalue weighted by molar-refractivity contribution is -0.133. The first-order valence-corrected chi connectivity index (χ1v) is 10.0. The van der Waals surface area contributed by atoms with E-state index >= 15 is 0 Å². The van der Waals surface area contributed by atoms with Crippen LogP contribution in [0.5, 0.6) is 5.75 Å². The van der Waals surface area contributed by atoms with Gasteiger partial charge in [0, 0.05) is 38.2 Å². The molecule has 7 nitrogen and oxygen atoms in total. The highest BCUT2D eigenvalue weighted by Gasteiger charge is 2.40. The summed E-state index contributed by atoms with van der Waals surface area (Å²) in [6.45, 7) is 1.05. The highest BCUT2D eigenvalue weighted by atomic mass is 32.2. The summed E-state index contributed by atoms with van der Waals surface area (Å²) in [6.07, 6.45) is 0.892. The van der Waals surface area contributed by atoms with E-state index in [-0.39, 0.29) is 30.9 Å². The smallest absolute Gasteiger partial charge is 0.260 e. The Labute approximate surface area is 150 Å². The Balaban J connectivity index is 1.59. The summed E-state index contributed by atoms with van der Waals surface area (Å²) in [5, 5.41) is 0. The Morgan fingerprint density at radius 1 is 1.31 bits per heavy atom. The van der Waals surface area contributed by atoms with E-state index in [9.17, 15) is 22.0 Å². The molecular formula is C16H20F2N2O5S. The van der Waals surface area contributed by atoms with E-state index in [1.807, 2.05) is 0 Å². The van der Waals surface area contributed by atoms with E-state index in [0.717, 1.165) is 24.5 Å². The van der Waals surface area contributed by atoms with Crippen LogP contribution >= 0.6 is 0 Å². The van der Waals surface area contributed by atoms with Crippen LogP contribution in [0.25, 0.3) is 0 Å². The van der Waals surface area contributed by atoms with Crippen molar-refractivity contribution in [1.29, 1.82) is 0 Å². The number of halogens is 2. The Morgan fingerprint density at radius 3 is 2.81 bits per heavy atom. The zero-order valence-electron chi connectivity index (χ0n) is 14.2. The topological polar surface area (TPSA) is 76.2 Å². The van der Waals surface area contributed by atoms with Crippen molar-refractivity contribution < 1.29 is 31.5 Å². The van der Waals surface area contributed by atoms with Crippen LogP contribution in [0, 0.1) is 17.6 Å². The first kappa shape index (κ1) is 19.0. The molecule has 0 spiro atoms. The third-order valence-corrected chi connectivity index (χ3v) is 5.83. The Hall–Kier alpha value is -1.78. The quantitative estimate of drug-likeness (QED) is 0.747. The van der Waals surface area contributed by atoms with Gasteiger partial charge in [0.2, 0.25) is 10.0 Å². The van der Waals surface area contributed by atoms with Crippen molar-refractivity contribution in [2.75, 3.05) is 45.6 Å². The first-order valence-electron chi connectivity index (χ1n) is 8.16. The molecule has 2 heterocycles. The SMILES string of the molecule is CS(=O)(=O)N1CCO[C@@H]2CN(C(=O)COc3cc(F)ccc3F)C[C@@H]2C1. The summed E-state index contributed by atoms with van der Waals surface area (Å²) in [7, 11) is -3.33. The normalized spacial score (nSPS) is 24.2. The van der Waals surface area contributed by atoms with Crippen molar-refractivity contribution in [2.24, 2.45) is 5.92 Å². The molecule has 2 aliphatic rings. The van der Waals surface area contributed by atoms with Crippen LogP contribution in [0.2, 0.25) is 0 Å². The summed E-state index contributed by atoms with van der Waals surface area (Å²) in [6, 6.07) is 2.77. The van der Waals surface area contributed by atoms with Crippen LogP contribution < -0.4 is 4.74 Å². The van der Waals surface area contributed by atoms with Gasteiger partial charge in [0.1, 0.15) is 5.82 Å². The monoisotopic (exact) mass is 390 g/mol. The van der Waals surface area contributed by atoms with Gasteiger partial charge in [0.25, 0.3) is 5.91 Å². The standard InChI is InChI=1S/C16H20F2N2O5S/c1-26(22,23)20-4-5-24-15-9-19(7-11(15)8-20)16(21)10-25-14-6-12(17)2-3-13(14)18/h2-3,6,11,15H,4-5,7-10H2,1H3/t11-,15-/m1/s1. The summed E-state index contributed by atoms with van der Waals surface area (Å²) < 4.78 is 62.3. The molecule has 10 heteroatoms. The molecule has 0 aliphatic carbocycles. The summed E-state index contributed by atoms with van der Waals surface area (Å²) in [4.78, 5) is 13.8. The van der Waals surface area contributed by atoms with Gasteiger partial charge in [-0.3, -0.25) is 4.79 Å². The molecule has 0 radical (unpaired) electrons. The fourth-order valence-corrected chi connectivity index (χ4v) is 4.06. The molecule has 0 saturated carbocycles. The minimum absolute atomic E-state index is 0.137. The number of carbonyl (C=O) groups excluding carboxylic acids is 1. The van der Waals surface area contributed by atoms with Gasteiger partial charge in [-0.05, 0) is 12.1 Å². The van der Waals surface area contributed by atoms with Crippen molar-refractivity contribution in [1.82, 2.24) is 9.21 Å². The van der Waals surface area contributed by atoms with E-state index in [4.69, 9.17) is 9.47 Å². The molecule has 26 heavy (non-hydrogen) atoms. The number of ether oxygens (including phenoxy) is 2. The second-order valence-corrected chi connectivity index (χ2v) is 8.43. The number of nitrogens with zero attached hydrogens (tertiary/aromatic N) is 2. The third kappa shape index (κ3) is 4.30. The number of carbonyl (C=O) groups is 1. The van der Waals surface area contributed by atoms with Crippen molar-refractivity contribution in [3.05, 3.63) is 29.8 Å². The minimum Gasteiger partial charge on any atom is -0.481 e. The predicted molar refractivity (Wildman–Crippen MR) is 88.1 cm³/mol. The number of hydrogen-bond acceptors (Lipinski definition) is 5. The second-order valence-electron chi connectivity index (χ2n) is 6.45. The fraction of sp³-hybridized carbons (Fsp3) is 0.562. The number of amides is 1. The average Bonchev–Trinajstić information content (AvgIpc) is 2.86. The number of fused-ring (bicyclic) bond motifs is 1. The highest BCUT2D eigenvalue weighted by Crippen LogP contribution is 2.25. The zero-order chi connectivity index (χ0) is 18.9. The van der Waals surface area contributed by atoms with Crippen LogP contribution in [0.3, 0.4) is 0 Å². The lowest BCUT2D eigenvalue weighted by Crippen LogP contribution is -2.38. The lowest BCUT2D eigenvalue weighted by atomic mass is 10.1. The highest BCUT2D eigenvalue weighted by molar-refractivity contribution is 7.88. The Kier molecular flexibility index (Phi) is 5.44. The van der Waals surface area contributed by atoms with Gasteiger partial charge in [-0.25, -0.2) is 17.2 Å². The van der Waals surface area contributed by atoms with Gasteiger partial charge in [-0.2, -0.15) is 4.31 Å². The molecule has 2 saturated heterocycles. The van der Waals surface area contributed by atoms with Crippen LogP contribution in [0.1, 0.15) is 0 Å². The van der Waals surface area contributed by atoms with Crippen molar-refractivity contribution in [2.45, 2.75) is 6.10 Å². The minimum atomic E-state index is -3.33. The number of benzene rings is 1. The summed E-state index contributed by atoms with van der Waals surface area (Å²) in [5.41, 5.74) is 0. The molecule has 144 valence electrons. The zero-order valence-corrected chi connectivity index (χ0v) is 15.0. The largest absolute Gasteiger partial charge is 0.481 e. The van der Waals surface area contributed by atoms with Crippen molar-refractivity contribution in [3.8, 4) is 5.75 Å².